The number of hydrogen-bond acceptors (Lipinski definition) is 4. The van der Waals surface area contributed by atoms with Crippen molar-refractivity contribution in [2.45, 2.75) is 31.4 Å². The largest absolute Gasteiger partial charge is 0.376 e. The third-order valence-electron chi connectivity index (χ3n) is 3.94. The fourth-order valence-electron chi connectivity index (χ4n) is 2.70. The molecule has 2 fully saturated rings. The number of non-ortho nitro benzene ring substituents is 1. The second kappa shape index (κ2) is 5.88. The number of nitro benzene ring substituents is 1. The molecule has 1 saturated carbocycles. The van der Waals surface area contributed by atoms with Gasteiger partial charge in [-0.2, -0.15) is 0 Å². The molecule has 7 heteroatoms. The maximum atomic E-state index is 12.4. The van der Waals surface area contributed by atoms with Crippen LogP contribution < -0.4 is 5.32 Å². The average molecular weight is 402 g/mol. The molecule has 0 aromatic heterocycles. The van der Waals surface area contributed by atoms with Crippen LogP contribution in [0.5, 0.6) is 0 Å². The fourth-order valence-corrected chi connectivity index (χ4v) is 3.28. The van der Waals surface area contributed by atoms with Crippen molar-refractivity contribution >= 4 is 34.2 Å². The smallest absolute Gasteiger partial charge is 0.270 e. The van der Waals surface area contributed by atoms with Gasteiger partial charge in [0, 0.05) is 22.3 Å². The zero-order chi connectivity index (χ0) is 15.0. The molecule has 1 N–H and O–H groups in total. The quantitative estimate of drug-likeness (QED) is 0.477. The summed E-state index contributed by atoms with van der Waals surface area (Å²) < 4.78 is 6.40. The summed E-state index contributed by atoms with van der Waals surface area (Å²) in [6, 6.07) is 4.35. The van der Waals surface area contributed by atoms with E-state index in [1.807, 2.05) is 22.6 Å². The SMILES string of the molecule is O=C(NC1CCOC1C1CC1)c1cc([N+](=O)[O-])ccc1I. The molecule has 2 unspecified atom stereocenters. The lowest BCUT2D eigenvalue weighted by Gasteiger charge is -2.19. The van der Waals surface area contributed by atoms with Crippen LogP contribution in [-0.2, 0) is 4.74 Å². The number of benzene rings is 1. The third-order valence-corrected chi connectivity index (χ3v) is 4.88. The van der Waals surface area contributed by atoms with Crippen molar-refractivity contribution in [3.8, 4) is 0 Å². The zero-order valence-electron chi connectivity index (χ0n) is 11.3. The van der Waals surface area contributed by atoms with Crippen molar-refractivity contribution < 1.29 is 14.5 Å². The number of hydrogen-bond donors (Lipinski definition) is 1. The van der Waals surface area contributed by atoms with Gasteiger partial charge in [0.05, 0.1) is 22.6 Å². The minimum Gasteiger partial charge on any atom is -0.376 e. The van der Waals surface area contributed by atoms with E-state index in [-0.39, 0.29) is 23.7 Å². The molecule has 1 saturated heterocycles. The molecule has 1 amide bonds. The van der Waals surface area contributed by atoms with Crippen LogP contribution >= 0.6 is 22.6 Å². The van der Waals surface area contributed by atoms with Gasteiger partial charge in [-0.05, 0) is 53.8 Å². The van der Waals surface area contributed by atoms with Crippen molar-refractivity contribution in [1.82, 2.24) is 5.32 Å². The summed E-state index contributed by atoms with van der Waals surface area (Å²) in [4.78, 5) is 22.7. The first kappa shape index (κ1) is 14.7. The van der Waals surface area contributed by atoms with E-state index in [9.17, 15) is 14.9 Å². The summed E-state index contributed by atoms with van der Waals surface area (Å²) in [7, 11) is 0. The Morgan fingerprint density at radius 2 is 2.14 bits per heavy atom. The van der Waals surface area contributed by atoms with Crippen molar-refractivity contribution in [3.05, 3.63) is 37.4 Å². The van der Waals surface area contributed by atoms with E-state index < -0.39 is 4.92 Å². The van der Waals surface area contributed by atoms with Gasteiger partial charge in [-0.1, -0.05) is 0 Å². The Labute approximate surface area is 135 Å². The van der Waals surface area contributed by atoms with Crippen LogP contribution in [0.2, 0.25) is 0 Å². The molecule has 1 aliphatic heterocycles. The molecule has 1 heterocycles. The summed E-state index contributed by atoms with van der Waals surface area (Å²) in [5.41, 5.74) is 0.285. The van der Waals surface area contributed by atoms with E-state index in [2.05, 4.69) is 5.32 Å². The van der Waals surface area contributed by atoms with E-state index in [0.717, 1.165) is 19.3 Å². The number of nitrogens with one attached hydrogen (secondary N) is 1. The van der Waals surface area contributed by atoms with Crippen LogP contribution in [0.4, 0.5) is 5.69 Å². The maximum Gasteiger partial charge on any atom is 0.270 e. The van der Waals surface area contributed by atoms with Gasteiger partial charge in [-0.3, -0.25) is 14.9 Å². The van der Waals surface area contributed by atoms with E-state index in [1.165, 1.54) is 12.1 Å². The van der Waals surface area contributed by atoms with Crippen LogP contribution in [0.25, 0.3) is 0 Å². The van der Waals surface area contributed by atoms with Gasteiger partial charge >= 0.3 is 0 Å². The molecule has 0 bridgehead atoms. The first-order chi connectivity index (χ1) is 10.1. The molecule has 2 aliphatic rings. The van der Waals surface area contributed by atoms with Crippen molar-refractivity contribution in [2.75, 3.05) is 6.61 Å². The Balaban J connectivity index is 1.75. The normalized spacial score (nSPS) is 24.8. The van der Waals surface area contributed by atoms with Gasteiger partial charge in [0.15, 0.2) is 0 Å². The first-order valence-corrected chi connectivity index (χ1v) is 8.00. The predicted octanol–water partition coefficient (Wildman–Crippen LogP) is 2.50. The van der Waals surface area contributed by atoms with Crippen LogP contribution in [0.15, 0.2) is 18.2 Å². The summed E-state index contributed by atoms with van der Waals surface area (Å²) in [5, 5.41) is 13.8. The monoisotopic (exact) mass is 402 g/mol. The zero-order valence-corrected chi connectivity index (χ0v) is 13.4. The highest BCUT2D eigenvalue weighted by Gasteiger charge is 2.41. The Kier molecular flexibility index (Phi) is 4.12. The fraction of sp³-hybridized carbons (Fsp3) is 0.500. The van der Waals surface area contributed by atoms with Crippen molar-refractivity contribution in [3.63, 3.8) is 0 Å². The number of amides is 1. The molecule has 1 aromatic rings. The number of carbonyl (C=O) groups excluding carboxylic acids is 1. The lowest BCUT2D eigenvalue weighted by atomic mass is 10.1. The number of nitrogens with zero attached hydrogens (tertiary/aromatic N) is 1. The number of halogens is 1. The molecule has 0 radical (unpaired) electrons. The molecule has 21 heavy (non-hydrogen) atoms. The molecule has 2 atom stereocenters. The summed E-state index contributed by atoms with van der Waals surface area (Å²) in [6.07, 6.45) is 3.22. The summed E-state index contributed by atoms with van der Waals surface area (Å²) in [6.45, 7) is 0.665. The standard InChI is InChI=1S/C14H15IN2O4/c15-11-4-3-9(17(19)20)7-10(11)14(18)16-12-5-6-21-13(12)8-1-2-8/h3-4,7-8,12-13H,1-2,5-6H2,(H,16,18). The van der Waals surface area contributed by atoms with E-state index in [4.69, 9.17) is 4.74 Å². The van der Waals surface area contributed by atoms with E-state index in [1.54, 1.807) is 6.07 Å². The molecule has 1 aliphatic carbocycles. The maximum absolute atomic E-state index is 12.4. The Hall–Kier alpha value is -1.22. The molecular formula is C14H15IN2O4. The van der Waals surface area contributed by atoms with Crippen LogP contribution in [0.1, 0.15) is 29.6 Å². The van der Waals surface area contributed by atoms with Crippen LogP contribution in [0, 0.1) is 19.6 Å². The topological polar surface area (TPSA) is 81.5 Å². The average Bonchev–Trinajstić information content (AvgIpc) is 3.19. The van der Waals surface area contributed by atoms with Gasteiger partial charge in [-0.25, -0.2) is 0 Å². The number of rotatable bonds is 4. The molecule has 112 valence electrons. The van der Waals surface area contributed by atoms with Gasteiger partial charge in [0.1, 0.15) is 0 Å². The predicted molar refractivity (Wildman–Crippen MR) is 84.1 cm³/mol. The van der Waals surface area contributed by atoms with E-state index in [0.29, 0.717) is 21.7 Å². The minimum absolute atomic E-state index is 0.0139. The third kappa shape index (κ3) is 3.18. The molecule has 0 spiro atoms. The van der Waals surface area contributed by atoms with Crippen molar-refractivity contribution in [1.29, 1.82) is 0 Å². The summed E-state index contributed by atoms with van der Waals surface area (Å²) in [5.74, 6) is 0.297. The number of carbonyl (C=O) groups is 1. The Morgan fingerprint density at radius 1 is 1.38 bits per heavy atom. The van der Waals surface area contributed by atoms with Gasteiger partial charge in [0.25, 0.3) is 11.6 Å². The number of ether oxygens (including phenoxy) is 1. The number of nitro groups is 1. The summed E-state index contributed by atoms with van der Waals surface area (Å²) >= 11 is 2.02. The lowest BCUT2D eigenvalue weighted by molar-refractivity contribution is -0.384. The molecule has 1 aromatic carbocycles. The molecular weight excluding hydrogens is 387 g/mol. The first-order valence-electron chi connectivity index (χ1n) is 6.92. The minimum atomic E-state index is -0.488. The highest BCUT2D eigenvalue weighted by molar-refractivity contribution is 14.1. The Bertz CT molecular complexity index is 588. The second-order valence-electron chi connectivity index (χ2n) is 5.46. The molecule has 3 rings (SSSR count). The van der Waals surface area contributed by atoms with Gasteiger partial charge < -0.3 is 10.1 Å². The van der Waals surface area contributed by atoms with Crippen LogP contribution in [-0.4, -0.2) is 29.6 Å². The van der Waals surface area contributed by atoms with Gasteiger partial charge in [-0.15, -0.1) is 0 Å². The Morgan fingerprint density at radius 3 is 2.81 bits per heavy atom. The van der Waals surface area contributed by atoms with E-state index >= 15 is 0 Å². The lowest BCUT2D eigenvalue weighted by Crippen LogP contribution is -2.41. The van der Waals surface area contributed by atoms with Gasteiger partial charge in [0.2, 0.25) is 0 Å². The van der Waals surface area contributed by atoms with Crippen molar-refractivity contribution in [2.24, 2.45) is 5.92 Å². The van der Waals surface area contributed by atoms with Crippen LogP contribution in [0.3, 0.4) is 0 Å². The second-order valence-corrected chi connectivity index (χ2v) is 6.62. The highest BCUT2D eigenvalue weighted by Crippen LogP contribution is 2.38. The molecule has 6 nitrogen and oxygen atoms in total. The highest BCUT2D eigenvalue weighted by atomic mass is 127.